The fraction of sp³-hybridized carbons (Fsp3) is 0.394. The van der Waals surface area contributed by atoms with E-state index in [9.17, 15) is 9.59 Å². The molecule has 0 bridgehead atoms. The summed E-state index contributed by atoms with van der Waals surface area (Å²) in [6.45, 7) is 3.41. The summed E-state index contributed by atoms with van der Waals surface area (Å²) < 4.78 is 20.8. The van der Waals surface area contributed by atoms with E-state index in [0.29, 0.717) is 72.3 Å². The predicted octanol–water partition coefficient (Wildman–Crippen LogP) is 3.10. The molecule has 0 unspecified atom stereocenters. The normalized spacial score (nSPS) is 19.1. The van der Waals surface area contributed by atoms with E-state index < -0.39 is 17.8 Å². The molecule has 13 heteroatoms. The molecule has 1 aliphatic heterocycles. The number of hydrogen-bond acceptors (Lipinski definition) is 10. The standard InChI is InChI=1S/C33H38FN9O3/c34-28-17-22(3-11-27(28)25-8-12-30(37-20-25)42-13-15-46-16-14-42)18-29(36)33(45)43(32(44)24-4-1-21(19-35)2-5-24)26-9-6-23(7-10-26)31-38-40-41-39-31/h3,6-12,17,20-21,24,29H,1-2,4-5,13-16,18-19,35-36H2,(H,38,39,40,41)/t21?,24?,29-/m0/s1. The largest absolute Gasteiger partial charge is 0.378 e. The van der Waals surface area contributed by atoms with Crippen molar-refractivity contribution in [1.82, 2.24) is 25.6 Å². The lowest BCUT2D eigenvalue weighted by Gasteiger charge is -2.32. The van der Waals surface area contributed by atoms with E-state index in [1.54, 1.807) is 42.6 Å². The minimum absolute atomic E-state index is 0.0505. The SMILES string of the molecule is NCC1CCC(C(=O)N(C(=O)[C@@H](N)Cc2ccc(-c3ccc(N4CCOCC4)nc3)c(F)c2)c2ccc(-c3nn[nH]n3)cc2)CC1. The van der Waals surface area contributed by atoms with Gasteiger partial charge in [0, 0.05) is 41.9 Å². The van der Waals surface area contributed by atoms with Crippen molar-refractivity contribution >= 4 is 23.3 Å². The smallest absolute Gasteiger partial charge is 0.251 e. The first-order valence-corrected chi connectivity index (χ1v) is 15.7. The second kappa shape index (κ2) is 14.2. The molecule has 0 spiro atoms. The van der Waals surface area contributed by atoms with Crippen LogP contribution in [0.15, 0.2) is 60.8 Å². The number of aromatic nitrogens is 5. The number of benzene rings is 2. The Morgan fingerprint density at radius 3 is 2.39 bits per heavy atom. The van der Waals surface area contributed by atoms with Crippen LogP contribution in [0.1, 0.15) is 31.2 Å². The predicted molar refractivity (Wildman–Crippen MR) is 171 cm³/mol. The lowest BCUT2D eigenvalue weighted by Crippen LogP contribution is -2.50. The highest BCUT2D eigenvalue weighted by molar-refractivity contribution is 6.17. The highest BCUT2D eigenvalue weighted by Crippen LogP contribution is 2.32. The van der Waals surface area contributed by atoms with Crippen molar-refractivity contribution in [3.8, 4) is 22.5 Å². The maximum absolute atomic E-state index is 15.4. The molecule has 46 heavy (non-hydrogen) atoms. The van der Waals surface area contributed by atoms with E-state index in [1.165, 1.54) is 11.0 Å². The number of nitrogens with two attached hydrogens (primary N) is 2. The first-order valence-electron chi connectivity index (χ1n) is 15.7. The zero-order chi connectivity index (χ0) is 32.0. The minimum Gasteiger partial charge on any atom is -0.378 e. The van der Waals surface area contributed by atoms with E-state index >= 15 is 4.39 Å². The zero-order valence-electron chi connectivity index (χ0n) is 25.5. The number of H-pyrrole nitrogens is 1. The van der Waals surface area contributed by atoms with Gasteiger partial charge in [0.25, 0.3) is 5.91 Å². The van der Waals surface area contributed by atoms with Gasteiger partial charge < -0.3 is 21.1 Å². The van der Waals surface area contributed by atoms with Crippen LogP contribution in [-0.2, 0) is 20.7 Å². The second-order valence-electron chi connectivity index (χ2n) is 11.9. The lowest BCUT2D eigenvalue weighted by molar-refractivity contribution is -0.130. The number of pyridine rings is 1. The van der Waals surface area contributed by atoms with Crippen molar-refractivity contribution in [2.75, 3.05) is 42.6 Å². The van der Waals surface area contributed by atoms with Crippen LogP contribution in [-0.4, -0.2) is 76.3 Å². The van der Waals surface area contributed by atoms with Crippen molar-refractivity contribution in [1.29, 1.82) is 0 Å². The molecular weight excluding hydrogens is 589 g/mol. The molecule has 1 saturated heterocycles. The number of rotatable bonds is 9. The summed E-state index contributed by atoms with van der Waals surface area (Å²) in [5.74, 6) is -0.0218. The number of ether oxygens (including phenoxy) is 1. The number of carbonyl (C=O) groups is 2. The number of hydrogen-bond donors (Lipinski definition) is 3. The van der Waals surface area contributed by atoms with Crippen molar-refractivity contribution in [3.05, 3.63) is 72.2 Å². The molecule has 1 atom stereocenters. The van der Waals surface area contributed by atoms with Gasteiger partial charge in [0.05, 0.1) is 24.9 Å². The number of carbonyl (C=O) groups excluding carboxylic acids is 2. The zero-order valence-corrected chi connectivity index (χ0v) is 25.5. The van der Waals surface area contributed by atoms with Crippen LogP contribution >= 0.6 is 0 Å². The monoisotopic (exact) mass is 627 g/mol. The number of nitrogens with zero attached hydrogens (tertiary/aromatic N) is 6. The van der Waals surface area contributed by atoms with Gasteiger partial charge in [-0.15, -0.1) is 10.2 Å². The number of nitrogens with one attached hydrogen (secondary N) is 1. The summed E-state index contributed by atoms with van der Waals surface area (Å²) in [6, 6.07) is 14.2. The molecule has 5 N–H and O–H groups in total. The quantitative estimate of drug-likeness (QED) is 0.251. The molecule has 0 radical (unpaired) electrons. The fourth-order valence-electron chi connectivity index (χ4n) is 6.19. The van der Waals surface area contributed by atoms with E-state index in [0.717, 1.165) is 31.7 Å². The number of amides is 2. The summed E-state index contributed by atoms with van der Waals surface area (Å²) in [5.41, 5.74) is 15.0. The molecule has 1 saturated carbocycles. The Morgan fingerprint density at radius 2 is 1.76 bits per heavy atom. The minimum atomic E-state index is -1.08. The number of anilines is 2. The molecule has 3 heterocycles. The summed E-state index contributed by atoms with van der Waals surface area (Å²) >= 11 is 0. The third kappa shape index (κ3) is 6.96. The lowest BCUT2D eigenvalue weighted by atomic mass is 9.81. The highest BCUT2D eigenvalue weighted by atomic mass is 19.1. The van der Waals surface area contributed by atoms with Gasteiger partial charge in [-0.2, -0.15) is 5.21 Å². The highest BCUT2D eigenvalue weighted by Gasteiger charge is 2.35. The third-order valence-electron chi connectivity index (χ3n) is 8.90. The Hall–Kier alpha value is -4.59. The van der Waals surface area contributed by atoms with Gasteiger partial charge in [-0.1, -0.05) is 12.1 Å². The fourth-order valence-corrected chi connectivity index (χ4v) is 6.19. The van der Waals surface area contributed by atoms with E-state index in [4.69, 9.17) is 16.2 Å². The van der Waals surface area contributed by atoms with Crippen molar-refractivity contribution in [2.45, 2.75) is 38.1 Å². The summed E-state index contributed by atoms with van der Waals surface area (Å²) in [6.07, 6.45) is 4.66. The Bertz CT molecular complexity index is 1620. The van der Waals surface area contributed by atoms with E-state index in [-0.39, 0.29) is 18.2 Å². The van der Waals surface area contributed by atoms with Crippen LogP contribution in [0.25, 0.3) is 22.5 Å². The van der Waals surface area contributed by atoms with Crippen molar-refractivity contribution in [2.24, 2.45) is 23.3 Å². The first-order chi connectivity index (χ1) is 22.4. The topological polar surface area (TPSA) is 169 Å². The maximum Gasteiger partial charge on any atom is 0.251 e. The molecule has 2 fully saturated rings. The van der Waals surface area contributed by atoms with Crippen molar-refractivity contribution in [3.63, 3.8) is 0 Å². The number of aromatic amines is 1. The van der Waals surface area contributed by atoms with Crippen LogP contribution in [0.4, 0.5) is 15.9 Å². The average molecular weight is 628 g/mol. The molecule has 2 aliphatic rings. The molecule has 2 aromatic heterocycles. The van der Waals surface area contributed by atoms with Crippen molar-refractivity contribution < 1.29 is 18.7 Å². The number of tetrazole rings is 1. The molecule has 1 aliphatic carbocycles. The van der Waals surface area contributed by atoms with Crippen LogP contribution in [0.5, 0.6) is 0 Å². The number of morpholine rings is 1. The van der Waals surface area contributed by atoms with Gasteiger partial charge in [-0.05, 0) is 97.8 Å². The molecule has 6 rings (SSSR count). The van der Waals surface area contributed by atoms with Gasteiger partial charge in [-0.3, -0.25) is 9.59 Å². The molecule has 240 valence electrons. The molecule has 12 nitrogen and oxygen atoms in total. The Balaban J connectivity index is 1.18. The molecule has 2 aromatic carbocycles. The van der Waals surface area contributed by atoms with Crippen LogP contribution < -0.4 is 21.3 Å². The number of halogens is 1. The van der Waals surface area contributed by atoms with Gasteiger partial charge >= 0.3 is 0 Å². The molecule has 2 amide bonds. The van der Waals surface area contributed by atoms with E-state index in [2.05, 4.69) is 30.5 Å². The molecular formula is C33H38FN9O3. The Morgan fingerprint density at radius 1 is 1.02 bits per heavy atom. The summed E-state index contributed by atoms with van der Waals surface area (Å²) in [7, 11) is 0. The van der Waals surface area contributed by atoms with Gasteiger partial charge in [0.2, 0.25) is 11.7 Å². The second-order valence-corrected chi connectivity index (χ2v) is 11.9. The molecule has 4 aromatic rings. The Kier molecular flexibility index (Phi) is 9.71. The summed E-state index contributed by atoms with van der Waals surface area (Å²) in [5, 5.41) is 14.0. The van der Waals surface area contributed by atoms with Crippen LogP contribution in [0.3, 0.4) is 0 Å². The number of imide groups is 1. The van der Waals surface area contributed by atoms with Gasteiger partial charge in [-0.25, -0.2) is 14.3 Å². The van der Waals surface area contributed by atoms with Crippen LogP contribution in [0, 0.1) is 17.7 Å². The first kappa shape index (κ1) is 31.4. The van der Waals surface area contributed by atoms with Gasteiger partial charge in [0.1, 0.15) is 11.6 Å². The maximum atomic E-state index is 15.4. The summed E-state index contributed by atoms with van der Waals surface area (Å²) in [4.78, 5) is 35.6. The van der Waals surface area contributed by atoms with E-state index in [1.807, 2.05) is 12.1 Å². The third-order valence-corrected chi connectivity index (χ3v) is 8.90. The average Bonchev–Trinajstić information content (AvgIpc) is 3.65. The Labute approximate surface area is 266 Å². The van der Waals surface area contributed by atoms with Gasteiger partial charge in [0.15, 0.2) is 0 Å². The van der Waals surface area contributed by atoms with Crippen LogP contribution in [0.2, 0.25) is 0 Å².